The molecule has 2 fully saturated rings. The maximum absolute atomic E-state index is 7.94. The van der Waals surface area contributed by atoms with Gasteiger partial charge in [-0.2, -0.15) is 0 Å². The number of halogens is 1. The molecular formula is C10H12ClN3. The van der Waals surface area contributed by atoms with E-state index in [1.807, 2.05) is 0 Å². The van der Waals surface area contributed by atoms with Gasteiger partial charge in [-0.05, 0) is 12.8 Å². The molecule has 2 aliphatic rings. The SMILES string of the molecule is [2H]C1CC2(CNC2c2ncc(Cl)cn2)C1[2H]. The second-order valence-electron chi connectivity index (χ2n) is 3.91. The van der Waals surface area contributed by atoms with Crippen LogP contribution in [0.1, 0.15) is 33.8 Å². The van der Waals surface area contributed by atoms with Crippen LogP contribution in [-0.4, -0.2) is 16.5 Å². The van der Waals surface area contributed by atoms with Crippen molar-refractivity contribution in [2.24, 2.45) is 5.41 Å². The minimum atomic E-state index is -0.321. The summed E-state index contributed by atoms with van der Waals surface area (Å²) in [5.74, 6) is 0.694. The Morgan fingerprint density at radius 2 is 2.36 bits per heavy atom. The normalized spacial score (nSPS) is 47.6. The third kappa shape index (κ3) is 1.09. The van der Waals surface area contributed by atoms with E-state index >= 15 is 0 Å². The van der Waals surface area contributed by atoms with E-state index in [0.717, 1.165) is 13.0 Å². The van der Waals surface area contributed by atoms with Gasteiger partial charge in [-0.3, -0.25) is 0 Å². The summed E-state index contributed by atoms with van der Waals surface area (Å²) in [5.41, 5.74) is -0.111. The van der Waals surface area contributed by atoms with E-state index in [9.17, 15) is 0 Å². The zero-order chi connectivity index (χ0) is 11.3. The highest BCUT2D eigenvalue weighted by molar-refractivity contribution is 6.30. The molecule has 1 aliphatic carbocycles. The van der Waals surface area contributed by atoms with Crippen LogP contribution in [-0.2, 0) is 0 Å². The Labute approximate surface area is 90.7 Å². The average molecular weight is 212 g/mol. The molecule has 1 N–H and O–H groups in total. The molecule has 1 aliphatic heterocycles. The maximum Gasteiger partial charge on any atom is 0.145 e. The summed E-state index contributed by atoms with van der Waals surface area (Å²) < 4.78 is 15.6. The molecule has 2 heterocycles. The summed E-state index contributed by atoms with van der Waals surface area (Å²) in [6.45, 7) is 0.799. The largest absolute Gasteiger partial charge is 0.306 e. The first-order valence-electron chi connectivity index (χ1n) is 5.84. The third-order valence-corrected chi connectivity index (χ3v) is 3.25. The van der Waals surface area contributed by atoms with Crippen LogP contribution in [0.4, 0.5) is 0 Å². The van der Waals surface area contributed by atoms with Gasteiger partial charge in [0.15, 0.2) is 0 Å². The smallest absolute Gasteiger partial charge is 0.145 e. The highest BCUT2D eigenvalue weighted by atomic mass is 35.5. The van der Waals surface area contributed by atoms with Crippen molar-refractivity contribution in [1.29, 1.82) is 0 Å². The number of hydrogen-bond acceptors (Lipinski definition) is 3. The first-order valence-corrected chi connectivity index (χ1v) is 5.06. The molecule has 1 saturated carbocycles. The summed E-state index contributed by atoms with van der Waals surface area (Å²) in [7, 11) is 0. The van der Waals surface area contributed by atoms with Crippen LogP contribution in [0.2, 0.25) is 5.02 Å². The molecule has 0 aromatic carbocycles. The molecule has 0 radical (unpaired) electrons. The molecule has 1 aromatic rings. The number of hydrogen-bond donors (Lipinski definition) is 1. The van der Waals surface area contributed by atoms with Crippen LogP contribution in [0.5, 0.6) is 0 Å². The van der Waals surface area contributed by atoms with Gasteiger partial charge in [-0.15, -0.1) is 0 Å². The minimum absolute atomic E-state index is 0.0221. The van der Waals surface area contributed by atoms with Gasteiger partial charge in [0, 0.05) is 27.1 Å². The van der Waals surface area contributed by atoms with Gasteiger partial charge in [0.05, 0.1) is 11.1 Å². The zero-order valence-electron chi connectivity index (χ0n) is 9.57. The van der Waals surface area contributed by atoms with Crippen molar-refractivity contribution in [2.45, 2.75) is 25.3 Å². The van der Waals surface area contributed by atoms with Crippen LogP contribution < -0.4 is 5.32 Å². The van der Waals surface area contributed by atoms with E-state index in [1.165, 1.54) is 0 Å². The van der Waals surface area contributed by atoms with Crippen molar-refractivity contribution in [3.63, 3.8) is 0 Å². The van der Waals surface area contributed by atoms with Crippen molar-refractivity contribution in [3.05, 3.63) is 23.2 Å². The summed E-state index contributed by atoms with van der Waals surface area (Å²) in [4.78, 5) is 8.37. The fourth-order valence-electron chi connectivity index (χ4n) is 2.05. The number of rotatable bonds is 1. The monoisotopic (exact) mass is 211 g/mol. The molecular weight excluding hydrogens is 198 g/mol. The minimum Gasteiger partial charge on any atom is -0.306 e. The van der Waals surface area contributed by atoms with Crippen molar-refractivity contribution in [2.75, 3.05) is 6.54 Å². The van der Waals surface area contributed by atoms with E-state index in [1.54, 1.807) is 12.4 Å². The van der Waals surface area contributed by atoms with E-state index in [2.05, 4.69) is 15.3 Å². The first-order chi connectivity index (χ1) is 7.63. The molecule has 1 spiro atoms. The van der Waals surface area contributed by atoms with Crippen molar-refractivity contribution < 1.29 is 2.74 Å². The molecule has 1 aromatic heterocycles. The fourth-order valence-corrected chi connectivity index (χ4v) is 2.15. The van der Waals surface area contributed by atoms with Gasteiger partial charge < -0.3 is 5.32 Å². The molecule has 3 nitrogen and oxygen atoms in total. The van der Waals surface area contributed by atoms with Crippen molar-refractivity contribution in [3.8, 4) is 0 Å². The van der Waals surface area contributed by atoms with Crippen molar-refractivity contribution in [1.82, 2.24) is 15.3 Å². The van der Waals surface area contributed by atoms with Crippen LogP contribution in [0.3, 0.4) is 0 Å². The predicted molar refractivity (Wildman–Crippen MR) is 54.1 cm³/mol. The Morgan fingerprint density at radius 3 is 2.86 bits per heavy atom. The Balaban J connectivity index is 1.84. The summed E-state index contributed by atoms with van der Waals surface area (Å²) in [6.07, 6.45) is 3.35. The molecule has 4 heteroatoms. The quantitative estimate of drug-likeness (QED) is 0.772. The lowest BCUT2D eigenvalue weighted by molar-refractivity contribution is -0.0100. The molecule has 1 saturated heterocycles. The number of nitrogens with one attached hydrogen (secondary N) is 1. The van der Waals surface area contributed by atoms with Crippen LogP contribution in [0, 0.1) is 5.41 Å². The Hall–Kier alpha value is -0.670. The Bertz CT molecular complexity index is 413. The molecule has 14 heavy (non-hydrogen) atoms. The average Bonchev–Trinajstić information content (AvgIpc) is 2.26. The number of nitrogens with zero attached hydrogens (tertiary/aromatic N) is 2. The van der Waals surface area contributed by atoms with E-state index < -0.39 is 0 Å². The van der Waals surface area contributed by atoms with Gasteiger partial charge in [0.25, 0.3) is 0 Å². The summed E-state index contributed by atoms with van der Waals surface area (Å²) >= 11 is 5.74. The summed E-state index contributed by atoms with van der Waals surface area (Å²) in [6, 6.07) is 0.0221. The van der Waals surface area contributed by atoms with Gasteiger partial charge in [-0.1, -0.05) is 18.0 Å². The molecule has 3 rings (SSSR count). The Kier molecular flexibility index (Phi) is 1.40. The third-order valence-electron chi connectivity index (χ3n) is 3.06. The maximum atomic E-state index is 7.94. The van der Waals surface area contributed by atoms with Gasteiger partial charge in [0.1, 0.15) is 5.82 Å². The molecule has 4 unspecified atom stereocenters. The second-order valence-corrected chi connectivity index (χ2v) is 4.35. The van der Waals surface area contributed by atoms with Crippen LogP contribution in [0.25, 0.3) is 0 Å². The van der Waals surface area contributed by atoms with Gasteiger partial charge >= 0.3 is 0 Å². The lowest BCUT2D eigenvalue weighted by Crippen LogP contribution is -2.60. The molecule has 4 atom stereocenters. The Morgan fingerprint density at radius 1 is 1.57 bits per heavy atom. The van der Waals surface area contributed by atoms with Gasteiger partial charge in [0.2, 0.25) is 0 Å². The van der Waals surface area contributed by atoms with Gasteiger partial charge in [-0.25, -0.2) is 9.97 Å². The van der Waals surface area contributed by atoms with Crippen molar-refractivity contribution >= 4 is 11.6 Å². The molecule has 0 amide bonds. The molecule has 0 bridgehead atoms. The lowest BCUT2D eigenvalue weighted by Gasteiger charge is -2.55. The zero-order valence-corrected chi connectivity index (χ0v) is 8.33. The van der Waals surface area contributed by atoms with Crippen LogP contribution >= 0.6 is 11.6 Å². The van der Waals surface area contributed by atoms with E-state index in [0.29, 0.717) is 10.8 Å². The highest BCUT2D eigenvalue weighted by Crippen LogP contribution is 2.54. The topological polar surface area (TPSA) is 37.8 Å². The number of aromatic nitrogens is 2. The molecule has 74 valence electrons. The van der Waals surface area contributed by atoms with E-state index in [-0.39, 0.29) is 24.3 Å². The van der Waals surface area contributed by atoms with Crippen LogP contribution in [0.15, 0.2) is 12.4 Å². The summed E-state index contributed by atoms with van der Waals surface area (Å²) in [5, 5.41) is 3.77. The predicted octanol–water partition coefficient (Wildman–Crippen LogP) is 1.94. The second kappa shape index (κ2) is 2.91. The van der Waals surface area contributed by atoms with E-state index in [4.69, 9.17) is 14.3 Å². The highest BCUT2D eigenvalue weighted by Gasteiger charge is 2.52. The fraction of sp³-hybridized carbons (Fsp3) is 0.600. The first kappa shape index (κ1) is 6.75. The lowest BCUT2D eigenvalue weighted by atomic mass is 9.59. The standard InChI is InChI=1S/C10H12ClN3/c11-7-4-12-9(13-5-7)8-10(6-14-8)2-1-3-10/h4-5,8,14H,1-3,6H2/i1D,2D.